The number of carboxylic acids is 1. The first-order chi connectivity index (χ1) is 10.1. The molecular formula is C15H21N3O3. The molecule has 1 N–H and O–H groups in total. The number of carbonyl (C=O) groups is 2. The molecule has 2 rings (SSSR count). The van der Waals surface area contributed by atoms with Crippen LogP contribution >= 0.6 is 0 Å². The number of likely N-dealkylation sites (N-methyl/N-ethyl adjacent to an activating group) is 1. The first kappa shape index (κ1) is 15.3. The summed E-state index contributed by atoms with van der Waals surface area (Å²) in [7, 11) is 2.03. The van der Waals surface area contributed by atoms with Gasteiger partial charge in [-0.2, -0.15) is 0 Å². The number of hydrogen-bond donors (Lipinski definition) is 1. The molecule has 1 heterocycles. The van der Waals surface area contributed by atoms with E-state index in [-0.39, 0.29) is 12.6 Å². The standard InChI is InChI=1S/C15H21N3O3/c1-16-8-5-9-17(11-10-16)15(21)18(12-14(19)20)13-6-3-2-4-7-13/h2-4,6-7H,5,8-12H2,1H3,(H,19,20). The van der Waals surface area contributed by atoms with Crippen molar-refractivity contribution in [1.82, 2.24) is 9.80 Å². The van der Waals surface area contributed by atoms with Gasteiger partial charge >= 0.3 is 12.0 Å². The predicted molar refractivity (Wildman–Crippen MR) is 80.5 cm³/mol. The summed E-state index contributed by atoms with van der Waals surface area (Å²) in [6.07, 6.45) is 0.901. The molecule has 1 aliphatic heterocycles. The van der Waals surface area contributed by atoms with Crippen LogP contribution in [0.4, 0.5) is 10.5 Å². The quantitative estimate of drug-likeness (QED) is 0.912. The molecule has 1 fully saturated rings. The minimum Gasteiger partial charge on any atom is -0.480 e. The molecule has 1 aromatic carbocycles. The zero-order valence-electron chi connectivity index (χ0n) is 12.2. The molecule has 0 spiro atoms. The number of nitrogens with zero attached hydrogens (tertiary/aromatic N) is 3. The smallest absolute Gasteiger partial charge is 0.325 e. The maximum atomic E-state index is 12.7. The number of urea groups is 1. The van der Waals surface area contributed by atoms with Gasteiger partial charge in [0.1, 0.15) is 6.54 Å². The first-order valence-corrected chi connectivity index (χ1v) is 7.10. The van der Waals surface area contributed by atoms with E-state index in [0.29, 0.717) is 18.8 Å². The number of aliphatic carboxylic acids is 1. The molecule has 6 nitrogen and oxygen atoms in total. The number of amides is 2. The van der Waals surface area contributed by atoms with Gasteiger partial charge < -0.3 is 14.9 Å². The predicted octanol–water partition coefficient (Wildman–Crippen LogP) is 1.34. The third-order valence-corrected chi connectivity index (χ3v) is 3.58. The number of benzene rings is 1. The Balaban J connectivity index is 2.16. The average Bonchev–Trinajstić information content (AvgIpc) is 2.69. The molecule has 0 aliphatic carbocycles. The molecule has 6 heteroatoms. The fourth-order valence-corrected chi connectivity index (χ4v) is 2.42. The molecule has 1 aromatic rings. The van der Waals surface area contributed by atoms with E-state index in [1.165, 1.54) is 4.90 Å². The maximum absolute atomic E-state index is 12.7. The Labute approximate surface area is 124 Å². The zero-order valence-corrected chi connectivity index (χ0v) is 12.2. The van der Waals surface area contributed by atoms with Gasteiger partial charge in [-0.05, 0) is 32.1 Å². The molecule has 0 bridgehead atoms. The van der Waals surface area contributed by atoms with E-state index in [9.17, 15) is 9.59 Å². The van der Waals surface area contributed by atoms with Crippen LogP contribution in [0, 0.1) is 0 Å². The summed E-state index contributed by atoms with van der Waals surface area (Å²) in [4.78, 5) is 29.0. The van der Waals surface area contributed by atoms with E-state index < -0.39 is 5.97 Å². The van der Waals surface area contributed by atoms with Crippen molar-refractivity contribution in [2.24, 2.45) is 0 Å². The Morgan fingerprint density at radius 3 is 2.52 bits per heavy atom. The van der Waals surface area contributed by atoms with Crippen molar-refractivity contribution in [3.8, 4) is 0 Å². The minimum absolute atomic E-state index is 0.237. The second-order valence-corrected chi connectivity index (χ2v) is 5.24. The highest BCUT2D eigenvalue weighted by molar-refractivity contribution is 5.96. The van der Waals surface area contributed by atoms with Crippen molar-refractivity contribution in [2.45, 2.75) is 6.42 Å². The second-order valence-electron chi connectivity index (χ2n) is 5.24. The van der Waals surface area contributed by atoms with Crippen LogP contribution in [0.2, 0.25) is 0 Å². The lowest BCUT2D eigenvalue weighted by atomic mass is 10.3. The number of carboxylic acid groups (broad SMARTS) is 1. The van der Waals surface area contributed by atoms with Crippen molar-refractivity contribution < 1.29 is 14.7 Å². The molecule has 0 unspecified atom stereocenters. The summed E-state index contributed by atoms with van der Waals surface area (Å²) in [6, 6.07) is 8.71. The van der Waals surface area contributed by atoms with Crippen LogP contribution in [-0.4, -0.2) is 66.7 Å². The molecule has 0 aromatic heterocycles. The molecule has 21 heavy (non-hydrogen) atoms. The van der Waals surface area contributed by atoms with Gasteiger partial charge in [-0.1, -0.05) is 18.2 Å². The van der Waals surface area contributed by atoms with E-state index in [2.05, 4.69) is 4.90 Å². The fourth-order valence-electron chi connectivity index (χ4n) is 2.42. The Bertz CT molecular complexity index is 492. The lowest BCUT2D eigenvalue weighted by molar-refractivity contribution is -0.135. The van der Waals surface area contributed by atoms with Crippen LogP contribution in [0.15, 0.2) is 30.3 Å². The normalized spacial score (nSPS) is 16.3. The number of carbonyl (C=O) groups excluding carboxylic acids is 1. The summed E-state index contributed by atoms with van der Waals surface area (Å²) in [6.45, 7) is 2.72. The first-order valence-electron chi connectivity index (χ1n) is 7.10. The zero-order chi connectivity index (χ0) is 15.2. The molecule has 1 saturated heterocycles. The summed E-state index contributed by atoms with van der Waals surface area (Å²) < 4.78 is 0. The Hall–Kier alpha value is -2.08. The molecule has 0 atom stereocenters. The monoisotopic (exact) mass is 291 g/mol. The van der Waals surface area contributed by atoms with E-state index in [4.69, 9.17) is 5.11 Å². The molecule has 2 amide bonds. The fraction of sp³-hybridized carbons (Fsp3) is 0.467. The lowest BCUT2D eigenvalue weighted by Crippen LogP contribution is -2.46. The average molecular weight is 291 g/mol. The van der Waals surface area contributed by atoms with Crippen molar-refractivity contribution in [2.75, 3.05) is 44.7 Å². The van der Waals surface area contributed by atoms with Crippen molar-refractivity contribution >= 4 is 17.7 Å². The van der Waals surface area contributed by atoms with Gasteiger partial charge in [-0.15, -0.1) is 0 Å². The van der Waals surface area contributed by atoms with E-state index in [0.717, 1.165) is 19.5 Å². The summed E-state index contributed by atoms with van der Waals surface area (Å²) in [5.74, 6) is -1.01. The van der Waals surface area contributed by atoms with Crippen LogP contribution < -0.4 is 4.90 Å². The molecule has 0 saturated carbocycles. The Kier molecular flexibility index (Phi) is 5.16. The van der Waals surface area contributed by atoms with Crippen molar-refractivity contribution in [3.05, 3.63) is 30.3 Å². The van der Waals surface area contributed by atoms with Crippen molar-refractivity contribution in [1.29, 1.82) is 0 Å². The largest absolute Gasteiger partial charge is 0.480 e. The van der Waals surface area contributed by atoms with Gasteiger partial charge in [0.2, 0.25) is 0 Å². The topological polar surface area (TPSA) is 64.1 Å². The highest BCUT2D eigenvalue weighted by Gasteiger charge is 2.25. The van der Waals surface area contributed by atoms with Gasteiger partial charge in [0.25, 0.3) is 0 Å². The molecule has 114 valence electrons. The minimum atomic E-state index is -1.01. The Morgan fingerprint density at radius 1 is 1.14 bits per heavy atom. The Morgan fingerprint density at radius 2 is 1.86 bits per heavy atom. The molecule has 1 aliphatic rings. The van der Waals surface area contributed by atoms with Crippen LogP contribution in [0.3, 0.4) is 0 Å². The van der Waals surface area contributed by atoms with E-state index in [1.54, 1.807) is 29.2 Å². The van der Waals surface area contributed by atoms with Gasteiger partial charge in [-0.25, -0.2) is 4.79 Å². The van der Waals surface area contributed by atoms with Crippen LogP contribution in [0.25, 0.3) is 0 Å². The van der Waals surface area contributed by atoms with Gasteiger partial charge in [0, 0.05) is 25.3 Å². The highest BCUT2D eigenvalue weighted by atomic mass is 16.4. The number of rotatable bonds is 3. The van der Waals surface area contributed by atoms with E-state index >= 15 is 0 Å². The number of anilines is 1. The second kappa shape index (κ2) is 7.08. The van der Waals surface area contributed by atoms with E-state index in [1.807, 2.05) is 13.1 Å². The third-order valence-electron chi connectivity index (χ3n) is 3.58. The summed E-state index contributed by atoms with van der Waals surface area (Å²) >= 11 is 0. The van der Waals surface area contributed by atoms with Crippen LogP contribution in [0.5, 0.6) is 0 Å². The third kappa shape index (κ3) is 4.19. The summed E-state index contributed by atoms with van der Waals surface area (Å²) in [5, 5.41) is 9.07. The lowest BCUT2D eigenvalue weighted by Gasteiger charge is -2.29. The van der Waals surface area contributed by atoms with Crippen LogP contribution in [0.1, 0.15) is 6.42 Å². The van der Waals surface area contributed by atoms with Gasteiger partial charge in [-0.3, -0.25) is 9.69 Å². The highest BCUT2D eigenvalue weighted by Crippen LogP contribution is 2.16. The van der Waals surface area contributed by atoms with Crippen LogP contribution in [-0.2, 0) is 4.79 Å². The van der Waals surface area contributed by atoms with Gasteiger partial charge in [0.05, 0.1) is 0 Å². The van der Waals surface area contributed by atoms with Gasteiger partial charge in [0.15, 0.2) is 0 Å². The summed E-state index contributed by atoms with van der Waals surface area (Å²) in [5.41, 5.74) is 0.613. The molecule has 0 radical (unpaired) electrons. The maximum Gasteiger partial charge on any atom is 0.325 e. The SMILES string of the molecule is CN1CCCN(C(=O)N(CC(=O)O)c2ccccc2)CC1. The van der Waals surface area contributed by atoms with Crippen molar-refractivity contribution in [3.63, 3.8) is 0 Å². The molecular weight excluding hydrogens is 270 g/mol. The number of hydrogen-bond acceptors (Lipinski definition) is 3. The number of para-hydroxylation sites is 1.